The standard InChI is InChI=1S/C14H20O2/c1-10(2)8-12-6-5-7-13(9-12)11(3)14(15)16-4/h5-7,9-11H,8H2,1-4H3/t11-/m1/s1. The number of carbonyl (C=O) groups is 1. The van der Waals surface area contributed by atoms with Crippen LogP contribution in [0, 0.1) is 5.92 Å². The van der Waals surface area contributed by atoms with E-state index in [-0.39, 0.29) is 11.9 Å². The van der Waals surface area contributed by atoms with Crippen LogP contribution in [0.2, 0.25) is 0 Å². The Bertz CT molecular complexity index is 356. The van der Waals surface area contributed by atoms with Gasteiger partial charge in [-0.05, 0) is 30.4 Å². The molecule has 0 spiro atoms. The minimum Gasteiger partial charge on any atom is -0.469 e. The summed E-state index contributed by atoms with van der Waals surface area (Å²) in [4.78, 5) is 11.4. The second-order valence-electron chi connectivity index (χ2n) is 4.59. The summed E-state index contributed by atoms with van der Waals surface area (Å²) in [6.45, 7) is 6.26. The molecular weight excluding hydrogens is 200 g/mol. The predicted molar refractivity (Wildman–Crippen MR) is 65.4 cm³/mol. The molecule has 1 aromatic carbocycles. The Morgan fingerprint density at radius 1 is 1.31 bits per heavy atom. The van der Waals surface area contributed by atoms with Gasteiger partial charge in [0.15, 0.2) is 0 Å². The lowest BCUT2D eigenvalue weighted by molar-refractivity contribution is -0.141. The average molecular weight is 220 g/mol. The first kappa shape index (κ1) is 12.8. The minimum atomic E-state index is -0.183. The van der Waals surface area contributed by atoms with E-state index in [1.807, 2.05) is 19.1 Å². The lowest BCUT2D eigenvalue weighted by atomic mass is 9.95. The molecule has 0 aliphatic heterocycles. The molecule has 0 amide bonds. The first-order valence-corrected chi connectivity index (χ1v) is 5.71. The van der Waals surface area contributed by atoms with Gasteiger partial charge in [0, 0.05) is 0 Å². The van der Waals surface area contributed by atoms with Gasteiger partial charge in [-0.1, -0.05) is 38.1 Å². The van der Waals surface area contributed by atoms with Crippen molar-refractivity contribution in [2.24, 2.45) is 5.92 Å². The van der Waals surface area contributed by atoms with Crippen LogP contribution in [0.3, 0.4) is 0 Å². The second-order valence-corrected chi connectivity index (χ2v) is 4.59. The predicted octanol–water partition coefficient (Wildman–Crippen LogP) is 3.16. The zero-order valence-corrected chi connectivity index (χ0v) is 10.5. The molecule has 0 saturated heterocycles. The molecule has 0 heterocycles. The van der Waals surface area contributed by atoms with Crippen LogP contribution in [0.1, 0.15) is 37.8 Å². The van der Waals surface area contributed by atoms with Gasteiger partial charge in [-0.3, -0.25) is 4.79 Å². The molecule has 0 aliphatic carbocycles. The lowest BCUT2D eigenvalue weighted by Gasteiger charge is -2.12. The van der Waals surface area contributed by atoms with E-state index in [9.17, 15) is 4.79 Å². The van der Waals surface area contributed by atoms with Crippen LogP contribution in [-0.4, -0.2) is 13.1 Å². The number of esters is 1. The maximum atomic E-state index is 11.4. The fraction of sp³-hybridized carbons (Fsp3) is 0.500. The van der Waals surface area contributed by atoms with Gasteiger partial charge in [0.1, 0.15) is 0 Å². The highest BCUT2D eigenvalue weighted by molar-refractivity contribution is 5.77. The maximum Gasteiger partial charge on any atom is 0.312 e. The second kappa shape index (κ2) is 5.69. The van der Waals surface area contributed by atoms with Gasteiger partial charge in [0.25, 0.3) is 0 Å². The fourth-order valence-corrected chi connectivity index (χ4v) is 1.77. The SMILES string of the molecule is COC(=O)[C@H](C)c1cccc(CC(C)C)c1. The number of methoxy groups -OCH3 is 1. The molecule has 1 rings (SSSR count). The molecule has 0 unspecified atom stereocenters. The molecule has 16 heavy (non-hydrogen) atoms. The van der Waals surface area contributed by atoms with Crippen LogP contribution in [-0.2, 0) is 16.0 Å². The van der Waals surface area contributed by atoms with Gasteiger partial charge in [0.2, 0.25) is 0 Å². The summed E-state index contributed by atoms with van der Waals surface area (Å²) in [5.74, 6) is 0.266. The Kier molecular flexibility index (Phi) is 4.53. The molecule has 88 valence electrons. The fourth-order valence-electron chi connectivity index (χ4n) is 1.77. The molecule has 0 radical (unpaired) electrons. The highest BCUT2D eigenvalue weighted by Gasteiger charge is 2.15. The van der Waals surface area contributed by atoms with Crippen molar-refractivity contribution in [3.05, 3.63) is 35.4 Å². The van der Waals surface area contributed by atoms with Gasteiger partial charge in [-0.25, -0.2) is 0 Å². The first-order chi connectivity index (χ1) is 7.54. The molecule has 1 aromatic rings. The van der Waals surface area contributed by atoms with Gasteiger partial charge in [-0.15, -0.1) is 0 Å². The van der Waals surface area contributed by atoms with E-state index in [0.717, 1.165) is 12.0 Å². The summed E-state index contributed by atoms with van der Waals surface area (Å²) < 4.78 is 4.75. The van der Waals surface area contributed by atoms with Crippen LogP contribution in [0.4, 0.5) is 0 Å². The van der Waals surface area contributed by atoms with Gasteiger partial charge < -0.3 is 4.74 Å². The van der Waals surface area contributed by atoms with E-state index in [1.54, 1.807) is 0 Å². The lowest BCUT2D eigenvalue weighted by Crippen LogP contribution is -2.11. The van der Waals surface area contributed by atoms with Crippen molar-refractivity contribution in [2.75, 3.05) is 7.11 Å². The molecule has 2 nitrogen and oxygen atoms in total. The molecular formula is C14H20O2. The number of rotatable bonds is 4. The zero-order chi connectivity index (χ0) is 12.1. The van der Waals surface area contributed by atoms with Crippen LogP contribution in [0.25, 0.3) is 0 Å². The van der Waals surface area contributed by atoms with Gasteiger partial charge in [-0.2, -0.15) is 0 Å². The summed E-state index contributed by atoms with van der Waals surface area (Å²) in [5, 5.41) is 0. The summed E-state index contributed by atoms with van der Waals surface area (Å²) >= 11 is 0. The van der Waals surface area contributed by atoms with Crippen LogP contribution >= 0.6 is 0 Å². The van der Waals surface area contributed by atoms with Crippen molar-refractivity contribution in [3.63, 3.8) is 0 Å². The third-order valence-corrected chi connectivity index (χ3v) is 2.65. The highest BCUT2D eigenvalue weighted by Crippen LogP contribution is 2.19. The topological polar surface area (TPSA) is 26.3 Å². The van der Waals surface area contributed by atoms with Crippen molar-refractivity contribution >= 4 is 5.97 Å². The molecule has 0 aliphatic rings. The molecule has 0 N–H and O–H groups in total. The molecule has 2 heteroatoms. The van der Waals surface area contributed by atoms with E-state index in [4.69, 9.17) is 4.74 Å². The Balaban J connectivity index is 2.85. The van der Waals surface area contributed by atoms with E-state index >= 15 is 0 Å². The third-order valence-electron chi connectivity index (χ3n) is 2.65. The summed E-state index contributed by atoms with van der Waals surface area (Å²) in [6, 6.07) is 8.19. The van der Waals surface area contributed by atoms with Crippen molar-refractivity contribution in [2.45, 2.75) is 33.1 Å². The number of hydrogen-bond donors (Lipinski definition) is 0. The average Bonchev–Trinajstić information content (AvgIpc) is 2.26. The smallest absolute Gasteiger partial charge is 0.312 e. The minimum absolute atomic E-state index is 0.179. The van der Waals surface area contributed by atoms with Crippen LogP contribution in [0.15, 0.2) is 24.3 Å². The highest BCUT2D eigenvalue weighted by atomic mass is 16.5. The Morgan fingerprint density at radius 2 is 2.00 bits per heavy atom. The largest absolute Gasteiger partial charge is 0.469 e. The molecule has 0 saturated carbocycles. The Morgan fingerprint density at radius 3 is 2.56 bits per heavy atom. The quantitative estimate of drug-likeness (QED) is 0.728. The number of carbonyl (C=O) groups excluding carboxylic acids is 1. The number of ether oxygens (including phenoxy) is 1. The first-order valence-electron chi connectivity index (χ1n) is 5.71. The number of hydrogen-bond acceptors (Lipinski definition) is 2. The van der Waals surface area contributed by atoms with Crippen LogP contribution < -0.4 is 0 Å². The zero-order valence-electron chi connectivity index (χ0n) is 10.5. The van der Waals surface area contributed by atoms with Crippen molar-refractivity contribution in [1.82, 2.24) is 0 Å². The summed E-state index contributed by atoms with van der Waals surface area (Å²) in [7, 11) is 1.43. The molecule has 0 aromatic heterocycles. The molecule has 1 atom stereocenters. The van der Waals surface area contributed by atoms with Crippen molar-refractivity contribution < 1.29 is 9.53 Å². The summed E-state index contributed by atoms with van der Waals surface area (Å²) in [6.07, 6.45) is 1.04. The Hall–Kier alpha value is -1.31. The van der Waals surface area contributed by atoms with Gasteiger partial charge >= 0.3 is 5.97 Å². The van der Waals surface area contributed by atoms with E-state index in [2.05, 4.69) is 26.0 Å². The van der Waals surface area contributed by atoms with Crippen molar-refractivity contribution in [1.29, 1.82) is 0 Å². The summed E-state index contributed by atoms with van der Waals surface area (Å²) in [5.41, 5.74) is 2.31. The Labute approximate surface area is 97.6 Å². The van der Waals surface area contributed by atoms with Crippen LogP contribution in [0.5, 0.6) is 0 Å². The van der Waals surface area contributed by atoms with Gasteiger partial charge in [0.05, 0.1) is 13.0 Å². The normalized spacial score (nSPS) is 12.6. The van der Waals surface area contributed by atoms with E-state index in [1.165, 1.54) is 12.7 Å². The molecule has 0 fully saturated rings. The van der Waals surface area contributed by atoms with E-state index < -0.39 is 0 Å². The molecule has 0 bridgehead atoms. The maximum absolute atomic E-state index is 11.4. The monoisotopic (exact) mass is 220 g/mol. The third kappa shape index (κ3) is 3.37. The number of benzene rings is 1. The van der Waals surface area contributed by atoms with Crippen molar-refractivity contribution in [3.8, 4) is 0 Å². The van der Waals surface area contributed by atoms with E-state index in [0.29, 0.717) is 5.92 Å².